The van der Waals surface area contributed by atoms with Crippen LogP contribution in [0.5, 0.6) is 11.5 Å². The van der Waals surface area contributed by atoms with Crippen LogP contribution >= 0.6 is 0 Å². The molecule has 0 spiro atoms. The second-order valence-electron chi connectivity index (χ2n) is 7.98. The largest absolute Gasteiger partial charge is 0.493 e. The topological polar surface area (TPSA) is 98.5 Å². The molecule has 0 unspecified atom stereocenters. The highest BCUT2D eigenvalue weighted by molar-refractivity contribution is 7.89. The number of furan rings is 1. The highest BCUT2D eigenvalue weighted by Gasteiger charge is 2.28. The Morgan fingerprint density at radius 1 is 0.917 bits per heavy atom. The van der Waals surface area contributed by atoms with E-state index in [4.69, 9.17) is 18.6 Å². The predicted molar refractivity (Wildman–Crippen MR) is 134 cm³/mol. The van der Waals surface area contributed by atoms with Gasteiger partial charge in [0.05, 0.1) is 45.1 Å². The van der Waals surface area contributed by atoms with E-state index >= 15 is 0 Å². The Balaban J connectivity index is 1.80. The minimum Gasteiger partial charge on any atom is -0.493 e. The lowest BCUT2D eigenvalue weighted by atomic mass is 10.1. The molecule has 1 heterocycles. The Kier molecular flexibility index (Phi) is 9.92. The Labute approximate surface area is 212 Å². The van der Waals surface area contributed by atoms with Crippen molar-refractivity contribution < 1.29 is 31.8 Å². The molecule has 9 nitrogen and oxygen atoms in total. The maximum absolute atomic E-state index is 13.5. The number of carbonyl (C=O) groups excluding carboxylic acids is 1. The van der Waals surface area contributed by atoms with E-state index < -0.39 is 10.0 Å². The molecule has 3 aromatic rings. The molecule has 1 amide bonds. The summed E-state index contributed by atoms with van der Waals surface area (Å²) in [6, 6.07) is 17.2. The van der Waals surface area contributed by atoms with Crippen LogP contribution in [-0.2, 0) is 32.5 Å². The maximum Gasteiger partial charge on any atom is 0.243 e. The van der Waals surface area contributed by atoms with Crippen molar-refractivity contribution in [2.24, 2.45) is 0 Å². The van der Waals surface area contributed by atoms with Gasteiger partial charge >= 0.3 is 0 Å². The summed E-state index contributed by atoms with van der Waals surface area (Å²) >= 11 is 0. The molecular weight excluding hydrogens is 484 g/mol. The molecular formula is C26H32N2O7S. The number of hydrogen-bond acceptors (Lipinski definition) is 7. The summed E-state index contributed by atoms with van der Waals surface area (Å²) in [7, 11) is 0.727. The van der Waals surface area contributed by atoms with Crippen molar-refractivity contribution in [2.45, 2.75) is 17.9 Å². The molecule has 2 aromatic carbocycles. The molecule has 194 valence electrons. The van der Waals surface area contributed by atoms with Crippen molar-refractivity contribution in [1.29, 1.82) is 0 Å². The molecule has 0 bridgehead atoms. The molecule has 0 aliphatic rings. The molecule has 0 saturated carbocycles. The lowest BCUT2D eigenvalue weighted by molar-refractivity contribution is -0.132. The zero-order chi connectivity index (χ0) is 26.0. The van der Waals surface area contributed by atoms with Gasteiger partial charge in [-0.1, -0.05) is 24.3 Å². The quantitative estimate of drug-likeness (QED) is 0.324. The van der Waals surface area contributed by atoms with E-state index in [1.807, 2.05) is 18.2 Å². The fourth-order valence-electron chi connectivity index (χ4n) is 3.65. The second kappa shape index (κ2) is 13.1. The van der Waals surface area contributed by atoms with Gasteiger partial charge in [0.25, 0.3) is 0 Å². The Hall–Kier alpha value is -3.34. The van der Waals surface area contributed by atoms with Crippen LogP contribution in [0.4, 0.5) is 0 Å². The third-order valence-electron chi connectivity index (χ3n) is 5.64. The number of ether oxygens (including phenoxy) is 3. The predicted octanol–water partition coefficient (Wildman–Crippen LogP) is 3.21. The third-order valence-corrected chi connectivity index (χ3v) is 7.49. The van der Waals surface area contributed by atoms with Gasteiger partial charge < -0.3 is 23.5 Å². The van der Waals surface area contributed by atoms with Crippen molar-refractivity contribution in [2.75, 3.05) is 47.6 Å². The van der Waals surface area contributed by atoms with Gasteiger partial charge in [0, 0.05) is 20.2 Å². The monoisotopic (exact) mass is 516 g/mol. The van der Waals surface area contributed by atoms with Crippen molar-refractivity contribution >= 4 is 15.9 Å². The summed E-state index contributed by atoms with van der Waals surface area (Å²) in [6.07, 6.45) is 2.06. The highest BCUT2D eigenvalue weighted by Crippen LogP contribution is 2.28. The summed E-state index contributed by atoms with van der Waals surface area (Å²) in [6.45, 7) is 0.432. The first-order chi connectivity index (χ1) is 17.4. The minimum atomic E-state index is -3.90. The molecule has 10 heteroatoms. The van der Waals surface area contributed by atoms with Crippen LogP contribution in [-0.4, -0.2) is 71.1 Å². The van der Waals surface area contributed by atoms with Gasteiger partial charge in [-0.05, 0) is 48.4 Å². The number of amides is 1. The molecule has 0 atom stereocenters. The van der Waals surface area contributed by atoms with Gasteiger partial charge in [0.15, 0.2) is 11.5 Å². The van der Waals surface area contributed by atoms with E-state index in [1.165, 1.54) is 25.5 Å². The van der Waals surface area contributed by atoms with Crippen molar-refractivity contribution in [1.82, 2.24) is 9.21 Å². The number of nitrogens with zero attached hydrogens (tertiary/aromatic N) is 2. The molecule has 0 aliphatic carbocycles. The lowest BCUT2D eigenvalue weighted by Gasteiger charge is -2.27. The van der Waals surface area contributed by atoms with E-state index in [-0.39, 0.29) is 37.0 Å². The van der Waals surface area contributed by atoms with Gasteiger partial charge in [-0.3, -0.25) is 4.79 Å². The molecule has 1 aromatic heterocycles. The molecule has 0 saturated heterocycles. The van der Waals surface area contributed by atoms with Gasteiger partial charge in [0.1, 0.15) is 5.76 Å². The zero-order valence-electron chi connectivity index (χ0n) is 20.8. The standard InChI is InChI=1S/C26H32N2O7S/c1-32-17-15-28(36(30,31)23-9-5-4-6-10-23)20-26(29)27(19-22-8-7-16-35-22)14-13-21-11-12-24(33-2)25(18-21)34-3/h4-12,16,18H,13-15,17,19-20H2,1-3H3. The van der Waals surface area contributed by atoms with Crippen LogP contribution in [0.1, 0.15) is 11.3 Å². The van der Waals surface area contributed by atoms with E-state index in [0.29, 0.717) is 30.2 Å². The highest BCUT2D eigenvalue weighted by atomic mass is 32.2. The second-order valence-corrected chi connectivity index (χ2v) is 9.92. The van der Waals surface area contributed by atoms with Crippen LogP contribution in [0.2, 0.25) is 0 Å². The van der Waals surface area contributed by atoms with Crippen LogP contribution < -0.4 is 9.47 Å². The zero-order valence-corrected chi connectivity index (χ0v) is 21.6. The van der Waals surface area contributed by atoms with Crippen LogP contribution in [0.15, 0.2) is 76.2 Å². The van der Waals surface area contributed by atoms with E-state index in [2.05, 4.69) is 0 Å². The number of rotatable bonds is 14. The van der Waals surface area contributed by atoms with E-state index in [9.17, 15) is 13.2 Å². The summed E-state index contributed by atoms with van der Waals surface area (Å²) in [5.74, 6) is 1.47. The van der Waals surface area contributed by atoms with Gasteiger partial charge in [-0.15, -0.1) is 0 Å². The number of hydrogen-bond donors (Lipinski definition) is 0. The normalized spacial score (nSPS) is 11.4. The molecule has 3 rings (SSSR count). The number of sulfonamides is 1. The SMILES string of the molecule is COCCN(CC(=O)N(CCc1ccc(OC)c(OC)c1)Cc1ccco1)S(=O)(=O)c1ccccc1. The average molecular weight is 517 g/mol. The fourth-order valence-corrected chi connectivity index (χ4v) is 5.05. The molecule has 0 radical (unpaired) electrons. The minimum absolute atomic E-state index is 0.0454. The van der Waals surface area contributed by atoms with Crippen LogP contribution in [0.3, 0.4) is 0 Å². The smallest absolute Gasteiger partial charge is 0.243 e. The lowest BCUT2D eigenvalue weighted by Crippen LogP contribution is -2.44. The number of benzene rings is 2. The van der Waals surface area contributed by atoms with E-state index in [0.717, 1.165) is 9.87 Å². The first-order valence-electron chi connectivity index (χ1n) is 11.4. The fraction of sp³-hybridized carbons (Fsp3) is 0.346. The molecule has 0 N–H and O–H groups in total. The van der Waals surface area contributed by atoms with Crippen molar-refractivity contribution in [3.63, 3.8) is 0 Å². The first-order valence-corrected chi connectivity index (χ1v) is 12.9. The summed E-state index contributed by atoms with van der Waals surface area (Å²) < 4.78 is 49.0. The van der Waals surface area contributed by atoms with Gasteiger partial charge in [-0.25, -0.2) is 8.42 Å². The summed E-state index contributed by atoms with van der Waals surface area (Å²) in [4.78, 5) is 15.2. The maximum atomic E-state index is 13.5. The number of methoxy groups -OCH3 is 3. The van der Waals surface area contributed by atoms with Gasteiger partial charge in [0.2, 0.25) is 15.9 Å². The Morgan fingerprint density at radius 2 is 1.67 bits per heavy atom. The van der Waals surface area contributed by atoms with Gasteiger partial charge in [-0.2, -0.15) is 4.31 Å². The molecule has 36 heavy (non-hydrogen) atoms. The third kappa shape index (κ3) is 7.09. The Bertz CT molecular complexity index is 1200. The van der Waals surface area contributed by atoms with Crippen molar-refractivity contribution in [3.8, 4) is 11.5 Å². The molecule has 0 fully saturated rings. The average Bonchev–Trinajstić information content (AvgIpc) is 3.42. The van der Waals surface area contributed by atoms with Crippen LogP contribution in [0.25, 0.3) is 0 Å². The molecule has 0 aliphatic heterocycles. The number of carbonyl (C=O) groups is 1. The van der Waals surface area contributed by atoms with E-state index in [1.54, 1.807) is 49.5 Å². The summed E-state index contributed by atoms with van der Waals surface area (Å²) in [5.41, 5.74) is 0.943. The first kappa shape index (κ1) is 27.3. The summed E-state index contributed by atoms with van der Waals surface area (Å²) in [5, 5.41) is 0. The van der Waals surface area contributed by atoms with Crippen LogP contribution in [0, 0.1) is 0 Å². The van der Waals surface area contributed by atoms with Crippen molar-refractivity contribution in [3.05, 3.63) is 78.3 Å². The Morgan fingerprint density at radius 3 is 2.31 bits per heavy atom.